The number of sulfonamides is 1. The van der Waals surface area contributed by atoms with Gasteiger partial charge in [-0.2, -0.15) is 0 Å². The van der Waals surface area contributed by atoms with Crippen molar-refractivity contribution in [2.75, 3.05) is 0 Å². The molecule has 1 fully saturated rings. The number of nitrogens with one attached hydrogen (secondary N) is 1. The Morgan fingerprint density at radius 1 is 1.33 bits per heavy atom. The predicted octanol–water partition coefficient (Wildman–Crippen LogP) is 2.40. The maximum absolute atomic E-state index is 12.6. The normalized spacial score (nSPS) is 24.2. The van der Waals surface area contributed by atoms with E-state index in [1.165, 1.54) is 6.07 Å². The first-order valence-corrected chi connectivity index (χ1v) is 9.33. The number of hydrogen-bond acceptors (Lipinski definition) is 4. The lowest BCUT2D eigenvalue weighted by atomic mass is 10.0. The van der Waals surface area contributed by atoms with E-state index in [9.17, 15) is 13.5 Å². The Bertz CT molecular complexity index is 596. The molecular formula is C14H21BrN2O3S. The van der Waals surface area contributed by atoms with Crippen LogP contribution in [-0.4, -0.2) is 30.6 Å². The predicted molar refractivity (Wildman–Crippen MR) is 85.0 cm³/mol. The Hall–Kier alpha value is -0.470. The van der Waals surface area contributed by atoms with Gasteiger partial charge in [-0.25, -0.2) is 13.4 Å². The van der Waals surface area contributed by atoms with Crippen molar-refractivity contribution < 1.29 is 13.5 Å². The van der Waals surface area contributed by atoms with Gasteiger partial charge in [0.05, 0.1) is 11.5 Å². The average Bonchev–Trinajstić information content (AvgIpc) is 2.43. The number of nitrogens with zero attached hydrogens (tertiary/aromatic N) is 1. The molecule has 0 amide bonds. The first-order chi connectivity index (χ1) is 9.85. The molecule has 21 heavy (non-hydrogen) atoms. The van der Waals surface area contributed by atoms with Crippen molar-refractivity contribution in [3.63, 3.8) is 0 Å². The standard InChI is InChI=1S/C14H21BrN2O3S/c1-10-4-3-5-11(2)17(10)16-21(19,20)14-8-12(9-18)6-7-13(14)15/h6-8,10-11,16,18H,3-5,9H2,1-2H3. The van der Waals surface area contributed by atoms with Gasteiger partial charge in [-0.3, -0.25) is 0 Å². The van der Waals surface area contributed by atoms with Crippen LogP contribution < -0.4 is 4.83 Å². The molecule has 5 nitrogen and oxygen atoms in total. The summed E-state index contributed by atoms with van der Waals surface area (Å²) < 4.78 is 25.7. The summed E-state index contributed by atoms with van der Waals surface area (Å²) in [7, 11) is -3.67. The van der Waals surface area contributed by atoms with E-state index in [1.807, 2.05) is 18.9 Å². The van der Waals surface area contributed by atoms with Crippen molar-refractivity contribution in [3.8, 4) is 0 Å². The highest BCUT2D eigenvalue weighted by Crippen LogP contribution is 2.26. The van der Waals surface area contributed by atoms with Crippen LogP contribution in [0.3, 0.4) is 0 Å². The summed E-state index contributed by atoms with van der Waals surface area (Å²) in [4.78, 5) is 2.85. The maximum atomic E-state index is 12.6. The lowest BCUT2D eigenvalue weighted by molar-refractivity contribution is 0.0790. The number of hydrogen-bond donors (Lipinski definition) is 2. The van der Waals surface area contributed by atoms with E-state index in [0.29, 0.717) is 10.0 Å². The number of aliphatic hydroxyl groups is 1. The first kappa shape index (κ1) is 16.9. The number of hydrazine groups is 1. The highest BCUT2D eigenvalue weighted by Gasteiger charge is 2.30. The van der Waals surface area contributed by atoms with Crippen molar-refractivity contribution in [2.24, 2.45) is 0 Å². The van der Waals surface area contributed by atoms with Crippen LogP contribution in [-0.2, 0) is 16.6 Å². The molecule has 1 aromatic rings. The number of piperidine rings is 1. The molecule has 118 valence electrons. The third kappa shape index (κ3) is 3.84. The lowest BCUT2D eigenvalue weighted by Crippen LogP contribution is -2.53. The molecule has 1 saturated heterocycles. The Kier molecular flexibility index (Phi) is 5.43. The second-order valence-electron chi connectivity index (χ2n) is 5.55. The van der Waals surface area contributed by atoms with Crippen molar-refractivity contribution in [3.05, 3.63) is 28.2 Å². The Morgan fingerprint density at radius 2 is 1.95 bits per heavy atom. The second kappa shape index (κ2) is 6.75. The van der Waals surface area contributed by atoms with E-state index in [-0.39, 0.29) is 23.6 Å². The third-order valence-corrected chi connectivity index (χ3v) is 6.21. The molecule has 1 aromatic carbocycles. The lowest BCUT2D eigenvalue weighted by Gasteiger charge is -2.38. The summed E-state index contributed by atoms with van der Waals surface area (Å²) in [6, 6.07) is 5.16. The summed E-state index contributed by atoms with van der Waals surface area (Å²) in [6.07, 6.45) is 3.07. The fraction of sp³-hybridized carbons (Fsp3) is 0.571. The van der Waals surface area contributed by atoms with Gasteiger partial charge >= 0.3 is 0 Å². The zero-order valence-corrected chi connectivity index (χ0v) is 14.6. The van der Waals surface area contributed by atoms with Crippen molar-refractivity contribution in [1.29, 1.82) is 0 Å². The molecule has 0 radical (unpaired) electrons. The molecule has 0 spiro atoms. The fourth-order valence-corrected chi connectivity index (χ4v) is 4.89. The Morgan fingerprint density at radius 3 is 2.52 bits per heavy atom. The molecule has 0 aliphatic carbocycles. The second-order valence-corrected chi connectivity index (χ2v) is 8.04. The van der Waals surface area contributed by atoms with E-state index < -0.39 is 10.0 Å². The number of aliphatic hydroxyl groups excluding tert-OH is 1. The van der Waals surface area contributed by atoms with E-state index in [0.717, 1.165) is 19.3 Å². The number of halogens is 1. The molecule has 1 aliphatic heterocycles. The summed E-state index contributed by atoms with van der Waals surface area (Å²) in [5.41, 5.74) is 0.568. The minimum absolute atomic E-state index is 0.152. The van der Waals surface area contributed by atoms with Gasteiger partial charge in [-0.05, 0) is 60.3 Å². The van der Waals surface area contributed by atoms with Crippen LogP contribution in [0.15, 0.2) is 27.6 Å². The van der Waals surface area contributed by atoms with Crippen LogP contribution in [0.1, 0.15) is 38.7 Å². The summed E-state index contributed by atoms with van der Waals surface area (Å²) in [5.74, 6) is 0. The highest BCUT2D eigenvalue weighted by atomic mass is 79.9. The zero-order valence-electron chi connectivity index (χ0n) is 12.2. The van der Waals surface area contributed by atoms with Crippen LogP contribution in [0.4, 0.5) is 0 Å². The first-order valence-electron chi connectivity index (χ1n) is 7.05. The number of benzene rings is 1. The van der Waals surface area contributed by atoms with Gasteiger partial charge in [0.25, 0.3) is 10.0 Å². The molecule has 2 atom stereocenters. The van der Waals surface area contributed by atoms with Gasteiger partial charge in [0.2, 0.25) is 0 Å². The molecule has 2 unspecified atom stereocenters. The molecule has 0 aromatic heterocycles. The maximum Gasteiger partial charge on any atom is 0.254 e. The number of rotatable bonds is 4. The summed E-state index contributed by atoms with van der Waals surface area (Å²) in [5, 5.41) is 11.0. The van der Waals surface area contributed by atoms with Gasteiger partial charge in [-0.15, -0.1) is 4.83 Å². The minimum atomic E-state index is -3.67. The molecule has 1 heterocycles. The van der Waals surface area contributed by atoms with Gasteiger partial charge in [0, 0.05) is 16.6 Å². The Labute approximate surface area is 134 Å². The molecule has 0 saturated carbocycles. The minimum Gasteiger partial charge on any atom is -0.392 e. The zero-order chi connectivity index (χ0) is 15.6. The summed E-state index contributed by atoms with van der Waals surface area (Å²) in [6.45, 7) is 3.86. The van der Waals surface area contributed by atoms with Gasteiger partial charge in [0.1, 0.15) is 0 Å². The SMILES string of the molecule is CC1CCCC(C)N1NS(=O)(=O)c1cc(CO)ccc1Br. The van der Waals surface area contributed by atoms with Gasteiger partial charge in [0.15, 0.2) is 0 Å². The van der Waals surface area contributed by atoms with Gasteiger partial charge < -0.3 is 5.11 Å². The average molecular weight is 377 g/mol. The molecule has 1 aliphatic rings. The van der Waals surface area contributed by atoms with Crippen LogP contribution in [0.25, 0.3) is 0 Å². The molecule has 0 bridgehead atoms. The van der Waals surface area contributed by atoms with Crippen LogP contribution in [0.2, 0.25) is 0 Å². The van der Waals surface area contributed by atoms with Crippen LogP contribution >= 0.6 is 15.9 Å². The topological polar surface area (TPSA) is 69.6 Å². The van der Waals surface area contributed by atoms with Crippen LogP contribution in [0, 0.1) is 0 Å². The summed E-state index contributed by atoms with van der Waals surface area (Å²) >= 11 is 3.27. The van der Waals surface area contributed by atoms with E-state index in [1.54, 1.807) is 12.1 Å². The smallest absolute Gasteiger partial charge is 0.254 e. The van der Waals surface area contributed by atoms with Crippen molar-refractivity contribution in [2.45, 2.75) is 56.7 Å². The molecule has 2 rings (SSSR count). The van der Waals surface area contributed by atoms with E-state index in [4.69, 9.17) is 0 Å². The quantitative estimate of drug-likeness (QED) is 0.846. The third-order valence-electron chi connectivity index (χ3n) is 3.89. The monoisotopic (exact) mass is 376 g/mol. The molecule has 7 heteroatoms. The Balaban J connectivity index is 2.29. The highest BCUT2D eigenvalue weighted by molar-refractivity contribution is 9.10. The molecular weight excluding hydrogens is 356 g/mol. The van der Waals surface area contributed by atoms with Crippen LogP contribution in [0.5, 0.6) is 0 Å². The van der Waals surface area contributed by atoms with Gasteiger partial charge in [-0.1, -0.05) is 12.5 Å². The van der Waals surface area contributed by atoms with Crippen molar-refractivity contribution >= 4 is 26.0 Å². The molecule has 2 N–H and O–H groups in total. The largest absolute Gasteiger partial charge is 0.392 e. The van der Waals surface area contributed by atoms with Crippen molar-refractivity contribution in [1.82, 2.24) is 9.84 Å². The fourth-order valence-electron chi connectivity index (χ4n) is 2.64. The van der Waals surface area contributed by atoms with E-state index in [2.05, 4.69) is 20.8 Å². The van der Waals surface area contributed by atoms with E-state index >= 15 is 0 Å².